The number of fused-ring (bicyclic) bond motifs is 1. The van der Waals surface area contributed by atoms with E-state index in [0.29, 0.717) is 41.7 Å². The average molecular weight is 540 g/mol. The Bertz CT molecular complexity index is 1590. The fourth-order valence-corrected chi connectivity index (χ4v) is 4.25. The number of ether oxygens (including phenoxy) is 1. The highest BCUT2D eigenvalue weighted by Gasteiger charge is 2.35. The van der Waals surface area contributed by atoms with Crippen molar-refractivity contribution in [3.8, 4) is 17.1 Å². The molecular weight excluding hydrogens is 515 g/mol. The number of aromatic amines is 1. The zero-order chi connectivity index (χ0) is 27.7. The summed E-state index contributed by atoms with van der Waals surface area (Å²) in [5.74, 6) is -0.191. The molecule has 4 aromatic rings. The minimum absolute atomic E-state index is 0.151. The quantitative estimate of drug-likeness (QED) is 0.278. The molecule has 1 amide bonds. The summed E-state index contributed by atoms with van der Waals surface area (Å²) < 4.78 is 46.2. The van der Waals surface area contributed by atoms with Crippen molar-refractivity contribution in [1.29, 1.82) is 0 Å². The predicted molar refractivity (Wildman–Crippen MR) is 140 cm³/mol. The van der Waals surface area contributed by atoms with E-state index in [4.69, 9.17) is 4.74 Å². The number of H-pyrrole nitrogens is 1. The van der Waals surface area contributed by atoms with Gasteiger partial charge in [0.05, 0.1) is 23.3 Å². The van der Waals surface area contributed by atoms with Crippen molar-refractivity contribution in [3.05, 3.63) is 76.0 Å². The molecule has 0 radical (unpaired) electrons. The second-order valence-corrected chi connectivity index (χ2v) is 8.73. The third-order valence-electron chi connectivity index (χ3n) is 6.21. The molecular formula is C26H24F3N7O3. The maximum atomic E-state index is 13.2. The molecule has 1 aliphatic heterocycles. The van der Waals surface area contributed by atoms with Crippen molar-refractivity contribution in [1.82, 2.24) is 19.7 Å². The number of hydrogen-bond donors (Lipinski definition) is 4. The molecule has 1 aromatic carbocycles. The van der Waals surface area contributed by atoms with Crippen LogP contribution in [0, 0.1) is 6.92 Å². The first kappa shape index (κ1) is 25.8. The molecule has 0 bridgehead atoms. The van der Waals surface area contributed by atoms with Crippen molar-refractivity contribution in [2.45, 2.75) is 26.6 Å². The highest BCUT2D eigenvalue weighted by Crippen LogP contribution is 2.35. The molecule has 0 spiro atoms. The summed E-state index contributed by atoms with van der Waals surface area (Å²) in [6.07, 6.45) is -1.58. The summed E-state index contributed by atoms with van der Waals surface area (Å²) in [6, 6.07) is 8.78. The first-order chi connectivity index (χ1) is 18.7. The molecule has 5 rings (SSSR count). The molecule has 0 fully saturated rings. The monoisotopic (exact) mass is 539 g/mol. The van der Waals surface area contributed by atoms with Crippen molar-refractivity contribution < 1.29 is 22.7 Å². The third kappa shape index (κ3) is 5.15. The first-order valence-electron chi connectivity index (χ1n) is 12.1. The first-order valence-corrected chi connectivity index (χ1v) is 12.1. The van der Waals surface area contributed by atoms with Gasteiger partial charge < -0.3 is 25.7 Å². The van der Waals surface area contributed by atoms with Crippen LogP contribution in [0.15, 0.2) is 53.6 Å². The summed E-state index contributed by atoms with van der Waals surface area (Å²) >= 11 is 0. The molecule has 4 N–H and O–H groups in total. The summed E-state index contributed by atoms with van der Waals surface area (Å²) in [6.45, 7) is 4.93. The van der Waals surface area contributed by atoms with Gasteiger partial charge in [-0.3, -0.25) is 14.3 Å². The molecule has 0 aliphatic carbocycles. The van der Waals surface area contributed by atoms with E-state index in [1.165, 1.54) is 10.9 Å². The Balaban J connectivity index is 1.38. The molecule has 1 aliphatic rings. The number of nitrogens with one attached hydrogen (secondary N) is 4. The minimum atomic E-state index is -4.56. The van der Waals surface area contributed by atoms with Crippen LogP contribution in [-0.2, 0) is 12.7 Å². The molecule has 13 heteroatoms. The Morgan fingerprint density at radius 1 is 1.18 bits per heavy atom. The highest BCUT2D eigenvalue weighted by molar-refractivity contribution is 6.08. The molecule has 10 nitrogen and oxygen atoms in total. The smallest absolute Gasteiger partial charge is 0.435 e. The van der Waals surface area contributed by atoms with Crippen LogP contribution in [0.25, 0.3) is 11.3 Å². The Labute approximate surface area is 220 Å². The Morgan fingerprint density at radius 2 is 1.95 bits per heavy atom. The van der Waals surface area contributed by atoms with Crippen molar-refractivity contribution in [2.24, 2.45) is 0 Å². The number of aromatic nitrogens is 4. The van der Waals surface area contributed by atoms with Crippen LogP contribution in [0.1, 0.15) is 28.5 Å². The van der Waals surface area contributed by atoms with Gasteiger partial charge in [-0.1, -0.05) is 12.1 Å². The number of rotatable bonds is 6. The lowest BCUT2D eigenvalue weighted by atomic mass is 10.1. The van der Waals surface area contributed by atoms with Crippen LogP contribution in [0.5, 0.6) is 5.88 Å². The zero-order valence-corrected chi connectivity index (χ0v) is 20.9. The molecule has 4 heterocycles. The van der Waals surface area contributed by atoms with Gasteiger partial charge in [0.25, 0.3) is 11.5 Å². The number of alkyl halides is 3. The summed E-state index contributed by atoms with van der Waals surface area (Å²) in [5.41, 5.74) is 1.79. The van der Waals surface area contributed by atoms with Crippen LogP contribution in [-0.4, -0.2) is 38.8 Å². The minimum Gasteiger partial charge on any atom is -0.474 e. The lowest BCUT2D eigenvalue weighted by molar-refractivity contribution is -0.141. The molecule has 3 aromatic heterocycles. The van der Waals surface area contributed by atoms with E-state index < -0.39 is 23.3 Å². The van der Waals surface area contributed by atoms with Crippen molar-refractivity contribution in [3.63, 3.8) is 0 Å². The second-order valence-electron chi connectivity index (χ2n) is 8.73. The highest BCUT2D eigenvalue weighted by atomic mass is 19.4. The lowest BCUT2D eigenvalue weighted by Gasteiger charge is -2.22. The number of pyridine rings is 2. The number of hydrogen-bond acceptors (Lipinski definition) is 7. The van der Waals surface area contributed by atoms with E-state index in [0.717, 1.165) is 17.3 Å². The fourth-order valence-electron chi connectivity index (χ4n) is 4.25. The van der Waals surface area contributed by atoms with Crippen molar-refractivity contribution >= 4 is 28.7 Å². The number of nitrogens with zero attached hydrogens (tertiary/aromatic N) is 3. The van der Waals surface area contributed by atoms with Crippen LogP contribution in [0.3, 0.4) is 0 Å². The molecule has 0 atom stereocenters. The van der Waals surface area contributed by atoms with Gasteiger partial charge in [0, 0.05) is 30.5 Å². The normalized spacial score (nSPS) is 12.7. The van der Waals surface area contributed by atoms with Crippen molar-refractivity contribution in [2.75, 3.05) is 29.1 Å². The fraction of sp³-hybridized carbons (Fsp3) is 0.231. The number of aryl methyl sites for hydroxylation is 1. The number of anilines is 4. The third-order valence-corrected chi connectivity index (χ3v) is 6.21. The van der Waals surface area contributed by atoms with Gasteiger partial charge in [0.15, 0.2) is 5.69 Å². The second kappa shape index (κ2) is 10.2. The SMILES string of the molecule is CCn1nc(C(F)(F)F)cc1-c1ccc(NC(=O)c2c(Nc3cnc4c(c3C)NCCO4)cc[nH]c2=O)cc1. The van der Waals surface area contributed by atoms with Gasteiger partial charge >= 0.3 is 6.18 Å². The van der Waals surface area contributed by atoms with Gasteiger partial charge in [0.2, 0.25) is 5.88 Å². The van der Waals surface area contributed by atoms with Gasteiger partial charge in [-0.25, -0.2) is 4.98 Å². The van der Waals surface area contributed by atoms with Crippen LogP contribution in [0.4, 0.5) is 35.9 Å². The van der Waals surface area contributed by atoms with Gasteiger partial charge in [-0.05, 0) is 43.7 Å². The van der Waals surface area contributed by atoms with Gasteiger partial charge in [0.1, 0.15) is 17.9 Å². The van der Waals surface area contributed by atoms with E-state index in [1.807, 2.05) is 6.92 Å². The Morgan fingerprint density at radius 3 is 2.67 bits per heavy atom. The predicted octanol–water partition coefficient (Wildman–Crippen LogP) is 4.78. The topological polar surface area (TPSA) is 126 Å². The Hall–Kier alpha value is -4.81. The molecule has 0 unspecified atom stereocenters. The Kier molecular flexibility index (Phi) is 6.73. The molecule has 202 valence electrons. The lowest BCUT2D eigenvalue weighted by Crippen LogP contribution is -2.25. The maximum absolute atomic E-state index is 13.2. The van der Waals surface area contributed by atoms with E-state index in [-0.39, 0.29) is 17.8 Å². The zero-order valence-electron chi connectivity index (χ0n) is 20.9. The largest absolute Gasteiger partial charge is 0.474 e. The summed E-state index contributed by atoms with van der Waals surface area (Å²) in [5, 5.41) is 12.7. The van der Waals surface area contributed by atoms with E-state index in [1.54, 1.807) is 43.5 Å². The number of halogens is 3. The molecule has 0 saturated carbocycles. The average Bonchev–Trinajstić information content (AvgIpc) is 3.36. The molecule has 39 heavy (non-hydrogen) atoms. The maximum Gasteiger partial charge on any atom is 0.435 e. The van der Waals surface area contributed by atoms with Gasteiger partial charge in [-0.15, -0.1) is 0 Å². The molecule has 0 saturated heterocycles. The standard InChI is InChI=1S/C26H24F3N7O3/c1-3-36-19(12-20(35-36)26(27,28)29)15-4-6-16(7-5-15)33-24(38)21-17(8-9-31-23(21)37)34-18-13-32-25-22(14(18)2)30-10-11-39-25/h4-9,12-13,30H,3,10-11H2,1-2H3,(H,33,38)(H2,31,34,37). The number of carbonyl (C=O) groups excluding carboxylic acids is 1. The van der Waals surface area contributed by atoms with Gasteiger partial charge in [-0.2, -0.15) is 18.3 Å². The van der Waals surface area contributed by atoms with E-state index >= 15 is 0 Å². The summed E-state index contributed by atoms with van der Waals surface area (Å²) in [7, 11) is 0. The number of benzene rings is 1. The van der Waals surface area contributed by atoms with Crippen LogP contribution >= 0.6 is 0 Å². The van der Waals surface area contributed by atoms with Crippen LogP contribution < -0.4 is 26.2 Å². The number of amides is 1. The van der Waals surface area contributed by atoms with Crippen LogP contribution in [0.2, 0.25) is 0 Å². The van der Waals surface area contributed by atoms with E-state index in [2.05, 4.69) is 31.0 Å². The number of carbonyl (C=O) groups is 1. The summed E-state index contributed by atoms with van der Waals surface area (Å²) in [4.78, 5) is 32.6. The van der Waals surface area contributed by atoms with E-state index in [9.17, 15) is 22.8 Å².